The molecule has 4 nitrogen and oxygen atoms in total. The number of ether oxygens (including phenoxy) is 2. The van der Waals surface area contributed by atoms with Gasteiger partial charge < -0.3 is 14.6 Å². The highest BCUT2D eigenvalue weighted by atomic mass is 32.2. The number of esters is 1. The second-order valence-electron chi connectivity index (χ2n) is 3.59. The Kier molecular flexibility index (Phi) is 4.22. The number of carbonyl (C=O) groups excluding carboxylic acids is 1. The van der Waals surface area contributed by atoms with Crippen molar-refractivity contribution in [3.8, 4) is 0 Å². The van der Waals surface area contributed by atoms with Crippen molar-refractivity contribution in [1.29, 1.82) is 0 Å². The van der Waals surface area contributed by atoms with Crippen LogP contribution in [0.15, 0.2) is 0 Å². The van der Waals surface area contributed by atoms with E-state index in [0.29, 0.717) is 5.92 Å². The van der Waals surface area contributed by atoms with Crippen LogP contribution in [0.1, 0.15) is 20.3 Å². The monoisotopic (exact) mass is 220 g/mol. The molecule has 1 heterocycles. The molecule has 0 aromatic carbocycles. The highest BCUT2D eigenvalue weighted by Crippen LogP contribution is 2.37. The lowest BCUT2D eigenvalue weighted by atomic mass is 10.2. The van der Waals surface area contributed by atoms with Gasteiger partial charge in [-0.2, -0.15) is 0 Å². The largest absolute Gasteiger partial charge is 0.469 e. The first-order valence-electron chi connectivity index (χ1n) is 4.60. The van der Waals surface area contributed by atoms with Gasteiger partial charge in [-0.25, -0.2) is 0 Å². The molecule has 0 amide bonds. The molecular weight excluding hydrogens is 204 g/mol. The van der Waals surface area contributed by atoms with E-state index in [4.69, 9.17) is 4.74 Å². The number of methoxy groups -OCH3 is 1. The Hall–Kier alpha value is -0.260. The average molecular weight is 220 g/mol. The maximum Gasteiger partial charge on any atom is 0.306 e. The first-order valence-corrected chi connectivity index (χ1v) is 5.54. The Bertz CT molecular complexity index is 207. The van der Waals surface area contributed by atoms with Crippen LogP contribution in [0.2, 0.25) is 0 Å². The van der Waals surface area contributed by atoms with Crippen LogP contribution in [0, 0.1) is 5.92 Å². The fourth-order valence-corrected chi connectivity index (χ4v) is 2.48. The number of hydrogen-bond acceptors (Lipinski definition) is 5. The van der Waals surface area contributed by atoms with E-state index >= 15 is 0 Å². The normalized spacial score (nSPS) is 32.2. The van der Waals surface area contributed by atoms with Crippen LogP contribution in [-0.4, -0.2) is 35.2 Å². The molecule has 1 rings (SSSR count). The van der Waals surface area contributed by atoms with Crippen LogP contribution >= 0.6 is 11.8 Å². The molecule has 0 spiro atoms. The maximum atomic E-state index is 11.0. The van der Waals surface area contributed by atoms with Crippen LogP contribution < -0.4 is 0 Å². The zero-order chi connectivity index (χ0) is 10.7. The number of thioether (sulfide) groups is 1. The second-order valence-corrected chi connectivity index (χ2v) is 4.94. The minimum absolute atomic E-state index is 0.0281. The SMILES string of the molecule is COC(=O)C[C@@H]1SC(C(C)C)OC1O. The van der Waals surface area contributed by atoms with Gasteiger partial charge in [0.05, 0.1) is 18.8 Å². The van der Waals surface area contributed by atoms with Crippen molar-refractivity contribution in [3.05, 3.63) is 0 Å². The summed E-state index contributed by atoms with van der Waals surface area (Å²) in [4.78, 5) is 11.0. The molecule has 1 fully saturated rings. The summed E-state index contributed by atoms with van der Waals surface area (Å²) in [7, 11) is 1.34. The van der Waals surface area contributed by atoms with E-state index in [1.54, 1.807) is 0 Å². The molecule has 3 atom stereocenters. The standard InChI is InChI=1S/C9H16O4S/c1-5(2)9-13-8(11)6(14-9)4-7(10)12-3/h5-6,8-9,11H,4H2,1-3H3/t6-,8?,9?/m0/s1. The zero-order valence-electron chi connectivity index (χ0n) is 8.60. The zero-order valence-corrected chi connectivity index (χ0v) is 9.41. The molecule has 0 saturated carbocycles. The Balaban J connectivity index is 2.44. The molecule has 0 radical (unpaired) electrons. The van der Waals surface area contributed by atoms with Crippen molar-refractivity contribution < 1.29 is 19.4 Å². The van der Waals surface area contributed by atoms with Crippen LogP contribution in [0.5, 0.6) is 0 Å². The fourth-order valence-electron chi connectivity index (χ4n) is 1.21. The molecule has 5 heteroatoms. The van der Waals surface area contributed by atoms with E-state index in [9.17, 15) is 9.90 Å². The van der Waals surface area contributed by atoms with Crippen molar-refractivity contribution in [2.75, 3.05) is 7.11 Å². The third-order valence-corrected chi connectivity index (χ3v) is 3.71. The Morgan fingerprint density at radius 2 is 2.29 bits per heavy atom. The first-order chi connectivity index (χ1) is 6.54. The number of hydrogen-bond donors (Lipinski definition) is 1. The highest BCUT2D eigenvalue weighted by molar-refractivity contribution is 8.00. The summed E-state index contributed by atoms with van der Waals surface area (Å²) < 4.78 is 9.83. The highest BCUT2D eigenvalue weighted by Gasteiger charge is 2.37. The second kappa shape index (κ2) is 5.00. The van der Waals surface area contributed by atoms with Gasteiger partial charge in [-0.05, 0) is 5.92 Å². The molecule has 82 valence electrons. The predicted molar refractivity (Wildman–Crippen MR) is 53.7 cm³/mol. The summed E-state index contributed by atoms with van der Waals surface area (Å²) in [5, 5.41) is 9.30. The summed E-state index contributed by atoms with van der Waals surface area (Å²) in [6, 6.07) is 0. The molecule has 0 aromatic heterocycles. The van der Waals surface area contributed by atoms with Crippen molar-refractivity contribution in [2.45, 2.75) is 37.2 Å². The summed E-state index contributed by atoms with van der Waals surface area (Å²) in [5.74, 6) is 0.0202. The van der Waals surface area contributed by atoms with Crippen LogP contribution in [0.25, 0.3) is 0 Å². The Morgan fingerprint density at radius 3 is 2.71 bits per heavy atom. The summed E-state index contributed by atoms with van der Waals surface area (Å²) in [6.07, 6.45) is -0.655. The van der Waals surface area contributed by atoms with Gasteiger partial charge in [-0.1, -0.05) is 13.8 Å². The lowest BCUT2D eigenvalue weighted by Crippen LogP contribution is -2.23. The lowest BCUT2D eigenvalue weighted by Gasteiger charge is -2.11. The number of aliphatic hydroxyl groups excluding tert-OH is 1. The minimum Gasteiger partial charge on any atom is -0.469 e. The lowest BCUT2D eigenvalue weighted by molar-refractivity contribution is -0.144. The van der Waals surface area contributed by atoms with Gasteiger partial charge >= 0.3 is 5.97 Å². The van der Waals surface area contributed by atoms with E-state index in [1.165, 1.54) is 18.9 Å². The van der Waals surface area contributed by atoms with Gasteiger partial charge in [0.25, 0.3) is 0 Å². The summed E-state index contributed by atoms with van der Waals surface area (Å²) >= 11 is 1.50. The number of aliphatic hydroxyl groups is 1. The van der Waals surface area contributed by atoms with E-state index < -0.39 is 6.29 Å². The van der Waals surface area contributed by atoms with Crippen molar-refractivity contribution in [3.63, 3.8) is 0 Å². The molecule has 0 bridgehead atoms. The van der Waals surface area contributed by atoms with Gasteiger partial charge in [0, 0.05) is 0 Å². The van der Waals surface area contributed by atoms with E-state index in [2.05, 4.69) is 4.74 Å². The van der Waals surface area contributed by atoms with Crippen LogP contribution in [0.3, 0.4) is 0 Å². The van der Waals surface area contributed by atoms with E-state index in [0.717, 1.165) is 0 Å². The van der Waals surface area contributed by atoms with Crippen molar-refractivity contribution in [1.82, 2.24) is 0 Å². The smallest absolute Gasteiger partial charge is 0.306 e. The molecule has 1 saturated heterocycles. The fraction of sp³-hybridized carbons (Fsp3) is 0.889. The molecular formula is C9H16O4S. The van der Waals surface area contributed by atoms with Gasteiger partial charge in [-0.15, -0.1) is 11.8 Å². The minimum atomic E-state index is -0.855. The van der Waals surface area contributed by atoms with Gasteiger partial charge in [0.15, 0.2) is 6.29 Å². The van der Waals surface area contributed by atoms with Crippen LogP contribution in [0.4, 0.5) is 0 Å². The molecule has 1 aliphatic rings. The van der Waals surface area contributed by atoms with Crippen molar-refractivity contribution >= 4 is 17.7 Å². The molecule has 1 N–H and O–H groups in total. The van der Waals surface area contributed by atoms with E-state index in [-0.39, 0.29) is 23.1 Å². The Labute approximate surface area is 88.0 Å². The number of rotatable bonds is 3. The molecule has 2 unspecified atom stereocenters. The van der Waals surface area contributed by atoms with Gasteiger partial charge in [0.1, 0.15) is 5.44 Å². The average Bonchev–Trinajstić information content (AvgIpc) is 2.48. The van der Waals surface area contributed by atoms with Gasteiger partial charge in [0.2, 0.25) is 0 Å². The molecule has 0 aliphatic carbocycles. The molecule has 1 aliphatic heterocycles. The van der Waals surface area contributed by atoms with E-state index in [1.807, 2.05) is 13.8 Å². The molecule has 14 heavy (non-hydrogen) atoms. The third kappa shape index (κ3) is 2.87. The predicted octanol–water partition coefficient (Wildman–Crippen LogP) is 0.982. The first kappa shape index (κ1) is 11.8. The number of carbonyl (C=O) groups is 1. The summed E-state index contributed by atoms with van der Waals surface area (Å²) in [6.45, 7) is 4.04. The topological polar surface area (TPSA) is 55.8 Å². The summed E-state index contributed by atoms with van der Waals surface area (Å²) in [5.41, 5.74) is -0.0281. The van der Waals surface area contributed by atoms with Crippen molar-refractivity contribution in [2.24, 2.45) is 5.92 Å². The van der Waals surface area contributed by atoms with Gasteiger partial charge in [-0.3, -0.25) is 4.79 Å². The Morgan fingerprint density at radius 1 is 1.64 bits per heavy atom. The molecule has 0 aromatic rings. The third-order valence-electron chi connectivity index (χ3n) is 2.04. The maximum absolute atomic E-state index is 11.0. The van der Waals surface area contributed by atoms with Crippen LogP contribution in [-0.2, 0) is 14.3 Å². The quantitative estimate of drug-likeness (QED) is 0.719.